The van der Waals surface area contributed by atoms with Gasteiger partial charge in [-0.15, -0.1) is 0 Å². The Morgan fingerprint density at radius 3 is 2.57 bits per heavy atom. The third kappa shape index (κ3) is 2.39. The monoisotopic (exact) mass is 295 g/mol. The van der Waals surface area contributed by atoms with Crippen LogP contribution in [0.1, 0.15) is 29.0 Å². The normalized spacial score (nSPS) is 18.3. The van der Waals surface area contributed by atoms with E-state index in [0.717, 1.165) is 17.7 Å². The van der Waals surface area contributed by atoms with E-state index in [9.17, 15) is 18.0 Å². The Morgan fingerprint density at radius 1 is 1.29 bits per heavy atom. The van der Waals surface area contributed by atoms with E-state index in [2.05, 4.69) is 10.4 Å². The van der Waals surface area contributed by atoms with E-state index in [1.165, 1.54) is 12.1 Å². The second kappa shape index (κ2) is 4.61. The average molecular weight is 295 g/mol. The first-order valence-corrected chi connectivity index (χ1v) is 6.35. The van der Waals surface area contributed by atoms with E-state index < -0.39 is 11.7 Å². The molecule has 1 aromatic heterocycles. The molecule has 21 heavy (non-hydrogen) atoms. The van der Waals surface area contributed by atoms with Crippen molar-refractivity contribution in [3.05, 3.63) is 47.2 Å². The number of anilines is 1. The first-order chi connectivity index (χ1) is 9.86. The van der Waals surface area contributed by atoms with Crippen LogP contribution in [0.2, 0.25) is 0 Å². The summed E-state index contributed by atoms with van der Waals surface area (Å²) >= 11 is 0. The number of carbonyl (C=O) groups excluding carboxylic acids is 1. The van der Waals surface area contributed by atoms with Crippen LogP contribution in [-0.4, -0.2) is 15.7 Å². The van der Waals surface area contributed by atoms with Gasteiger partial charge in [0.1, 0.15) is 5.82 Å². The van der Waals surface area contributed by atoms with Crippen LogP contribution in [0.15, 0.2) is 30.5 Å². The third-order valence-electron chi connectivity index (χ3n) is 3.63. The van der Waals surface area contributed by atoms with Crippen molar-refractivity contribution in [1.29, 1.82) is 0 Å². The highest BCUT2D eigenvalue weighted by Crippen LogP contribution is 2.37. The summed E-state index contributed by atoms with van der Waals surface area (Å²) in [6.45, 7) is 0. The van der Waals surface area contributed by atoms with Crippen LogP contribution in [0, 0.1) is 0 Å². The van der Waals surface area contributed by atoms with Crippen molar-refractivity contribution >= 4 is 11.7 Å². The minimum Gasteiger partial charge on any atom is -0.311 e. The highest BCUT2D eigenvalue weighted by Gasteiger charge is 2.32. The molecule has 0 saturated heterocycles. The Balaban J connectivity index is 1.99. The maximum atomic E-state index is 12.6. The van der Waals surface area contributed by atoms with Gasteiger partial charge in [-0.25, -0.2) is 0 Å². The molecule has 0 aliphatic carbocycles. The number of halogens is 3. The maximum Gasteiger partial charge on any atom is 0.416 e. The molecular weight excluding hydrogens is 283 g/mol. The van der Waals surface area contributed by atoms with E-state index in [4.69, 9.17) is 0 Å². The van der Waals surface area contributed by atoms with Crippen LogP contribution in [0.25, 0.3) is 0 Å². The zero-order valence-electron chi connectivity index (χ0n) is 11.1. The number of hydrogen-bond donors (Lipinski definition) is 1. The number of alkyl halides is 3. The van der Waals surface area contributed by atoms with Gasteiger partial charge < -0.3 is 5.32 Å². The number of amides is 1. The second-order valence-electron chi connectivity index (χ2n) is 5.00. The van der Waals surface area contributed by atoms with Crippen LogP contribution >= 0.6 is 0 Å². The van der Waals surface area contributed by atoms with Crippen molar-refractivity contribution < 1.29 is 18.0 Å². The molecule has 1 aliphatic rings. The Labute approximate surface area is 118 Å². The molecule has 2 aromatic rings. The minimum absolute atomic E-state index is 0.170. The first-order valence-electron chi connectivity index (χ1n) is 6.35. The molecule has 7 heteroatoms. The SMILES string of the molecule is Cn1ncc2c1NC(=O)C[C@@H]2c1ccc(C(F)(F)F)cc1. The van der Waals surface area contributed by atoms with Gasteiger partial charge in [-0.05, 0) is 17.7 Å². The van der Waals surface area contributed by atoms with Gasteiger partial charge in [-0.3, -0.25) is 9.48 Å². The molecule has 0 spiro atoms. The molecule has 0 radical (unpaired) electrons. The van der Waals surface area contributed by atoms with E-state index in [1.54, 1.807) is 17.9 Å². The highest BCUT2D eigenvalue weighted by atomic mass is 19.4. The van der Waals surface area contributed by atoms with E-state index in [-0.39, 0.29) is 18.2 Å². The first kappa shape index (κ1) is 13.7. The van der Waals surface area contributed by atoms with E-state index in [1.807, 2.05) is 0 Å². The summed E-state index contributed by atoms with van der Waals surface area (Å²) in [5.74, 6) is 0.150. The van der Waals surface area contributed by atoms with Crippen molar-refractivity contribution in [1.82, 2.24) is 9.78 Å². The Kier molecular flexibility index (Phi) is 3.00. The number of hydrogen-bond acceptors (Lipinski definition) is 2. The predicted molar refractivity (Wildman–Crippen MR) is 69.7 cm³/mol. The number of nitrogens with zero attached hydrogens (tertiary/aromatic N) is 2. The largest absolute Gasteiger partial charge is 0.416 e. The number of aromatic nitrogens is 2. The topological polar surface area (TPSA) is 46.9 Å². The predicted octanol–water partition coefficient (Wildman–Crippen LogP) is 2.91. The summed E-state index contributed by atoms with van der Waals surface area (Å²) in [5.41, 5.74) is 0.793. The van der Waals surface area contributed by atoms with Gasteiger partial charge in [0.15, 0.2) is 0 Å². The van der Waals surface area contributed by atoms with Gasteiger partial charge in [0.25, 0.3) is 0 Å². The van der Waals surface area contributed by atoms with Crippen LogP contribution in [0.3, 0.4) is 0 Å². The summed E-state index contributed by atoms with van der Waals surface area (Å²) < 4.78 is 39.3. The Morgan fingerprint density at radius 2 is 1.95 bits per heavy atom. The van der Waals surface area contributed by atoms with Crippen molar-refractivity contribution in [2.24, 2.45) is 7.05 Å². The molecule has 1 atom stereocenters. The number of benzene rings is 1. The molecular formula is C14H12F3N3O. The summed E-state index contributed by atoms with van der Waals surface area (Å²) in [4.78, 5) is 11.8. The summed E-state index contributed by atoms with van der Waals surface area (Å²) in [5, 5.41) is 6.81. The standard InChI is InChI=1S/C14H12F3N3O/c1-20-13-11(7-18-20)10(6-12(21)19-13)8-2-4-9(5-3-8)14(15,16)17/h2-5,7,10H,6H2,1H3,(H,19,21)/t10-/m1/s1. The molecule has 0 saturated carbocycles. The fraction of sp³-hybridized carbons (Fsp3) is 0.286. The Hall–Kier alpha value is -2.31. The van der Waals surface area contributed by atoms with Crippen molar-refractivity contribution in [3.63, 3.8) is 0 Å². The number of aryl methyl sites for hydroxylation is 1. The smallest absolute Gasteiger partial charge is 0.311 e. The molecule has 4 nitrogen and oxygen atoms in total. The lowest BCUT2D eigenvalue weighted by molar-refractivity contribution is -0.137. The lowest BCUT2D eigenvalue weighted by Gasteiger charge is -2.23. The fourth-order valence-electron chi connectivity index (χ4n) is 2.54. The zero-order chi connectivity index (χ0) is 15.2. The highest BCUT2D eigenvalue weighted by molar-refractivity contribution is 5.94. The van der Waals surface area contributed by atoms with Gasteiger partial charge in [-0.2, -0.15) is 18.3 Å². The average Bonchev–Trinajstić information content (AvgIpc) is 2.79. The van der Waals surface area contributed by atoms with Gasteiger partial charge in [-0.1, -0.05) is 12.1 Å². The molecule has 0 bridgehead atoms. The zero-order valence-corrected chi connectivity index (χ0v) is 11.1. The van der Waals surface area contributed by atoms with Gasteiger partial charge in [0.05, 0.1) is 11.8 Å². The van der Waals surface area contributed by atoms with Crippen molar-refractivity contribution in [3.8, 4) is 0 Å². The molecule has 1 amide bonds. The molecule has 1 aliphatic heterocycles. The fourth-order valence-corrected chi connectivity index (χ4v) is 2.54. The third-order valence-corrected chi connectivity index (χ3v) is 3.63. The molecule has 1 aromatic carbocycles. The molecule has 2 heterocycles. The molecule has 3 rings (SSSR count). The van der Waals surface area contributed by atoms with Crippen LogP contribution in [0.4, 0.5) is 19.0 Å². The summed E-state index contributed by atoms with van der Waals surface area (Å²) in [7, 11) is 1.70. The van der Waals surface area contributed by atoms with Gasteiger partial charge >= 0.3 is 6.18 Å². The molecule has 110 valence electrons. The summed E-state index contributed by atoms with van der Waals surface area (Å²) in [6, 6.07) is 4.92. The van der Waals surface area contributed by atoms with Crippen LogP contribution in [-0.2, 0) is 18.0 Å². The molecule has 0 unspecified atom stereocenters. The van der Waals surface area contributed by atoms with Gasteiger partial charge in [0, 0.05) is 24.9 Å². The van der Waals surface area contributed by atoms with E-state index >= 15 is 0 Å². The molecule has 0 fully saturated rings. The number of nitrogens with one attached hydrogen (secondary N) is 1. The lowest BCUT2D eigenvalue weighted by atomic mass is 9.87. The maximum absolute atomic E-state index is 12.6. The van der Waals surface area contributed by atoms with E-state index in [0.29, 0.717) is 11.4 Å². The quantitative estimate of drug-likeness (QED) is 0.879. The number of fused-ring (bicyclic) bond motifs is 1. The van der Waals surface area contributed by atoms with Crippen LogP contribution < -0.4 is 5.32 Å². The second-order valence-corrected chi connectivity index (χ2v) is 5.00. The van der Waals surface area contributed by atoms with Crippen LogP contribution in [0.5, 0.6) is 0 Å². The minimum atomic E-state index is -4.36. The van der Waals surface area contributed by atoms with Gasteiger partial charge in [0.2, 0.25) is 5.91 Å². The summed E-state index contributed by atoms with van der Waals surface area (Å²) in [6.07, 6.45) is -2.52. The Bertz CT molecular complexity index is 688. The molecule has 1 N–H and O–H groups in total. The number of rotatable bonds is 1. The number of carbonyl (C=O) groups is 1. The van der Waals surface area contributed by atoms with Crippen molar-refractivity contribution in [2.75, 3.05) is 5.32 Å². The van der Waals surface area contributed by atoms with Crippen molar-refractivity contribution in [2.45, 2.75) is 18.5 Å². The lowest BCUT2D eigenvalue weighted by Crippen LogP contribution is -2.24.